The Morgan fingerprint density at radius 1 is 0.944 bits per heavy atom. The molecule has 3 rings (SSSR count). The fourth-order valence-electron chi connectivity index (χ4n) is 3.81. The average molecular weight is 515 g/mol. The van der Waals surface area contributed by atoms with Gasteiger partial charge in [0.05, 0.1) is 31.5 Å². The van der Waals surface area contributed by atoms with Crippen molar-refractivity contribution in [2.24, 2.45) is 0 Å². The molecule has 4 amide bonds. The van der Waals surface area contributed by atoms with Crippen LogP contribution in [0, 0.1) is 0 Å². The van der Waals surface area contributed by atoms with Gasteiger partial charge in [0.2, 0.25) is 0 Å². The summed E-state index contributed by atoms with van der Waals surface area (Å²) in [5, 5.41) is 2.49. The normalized spacial score (nSPS) is 14.7. The van der Waals surface area contributed by atoms with Crippen LogP contribution >= 0.6 is 11.6 Å². The molecular formula is C27H31ClN2O6. The van der Waals surface area contributed by atoms with Crippen molar-refractivity contribution in [1.29, 1.82) is 0 Å². The lowest BCUT2D eigenvalue weighted by atomic mass is 10.1. The zero-order valence-corrected chi connectivity index (χ0v) is 21.5. The van der Waals surface area contributed by atoms with Gasteiger partial charge in [-0.3, -0.25) is 14.9 Å². The summed E-state index contributed by atoms with van der Waals surface area (Å²) in [7, 11) is 3.00. The summed E-state index contributed by atoms with van der Waals surface area (Å²) >= 11 is 6.47. The summed E-state index contributed by atoms with van der Waals surface area (Å²) in [4.78, 5) is 39.0. The lowest BCUT2D eigenvalue weighted by molar-refractivity contribution is -0.122. The summed E-state index contributed by atoms with van der Waals surface area (Å²) in [6, 6.07) is 8.72. The maximum atomic E-state index is 13.1. The lowest BCUT2D eigenvalue weighted by Gasteiger charge is -2.26. The van der Waals surface area contributed by atoms with Crippen molar-refractivity contribution in [3.63, 3.8) is 0 Å². The van der Waals surface area contributed by atoms with Gasteiger partial charge in [0.1, 0.15) is 11.3 Å². The van der Waals surface area contributed by atoms with Gasteiger partial charge in [0.15, 0.2) is 11.5 Å². The second-order valence-corrected chi connectivity index (χ2v) is 8.71. The van der Waals surface area contributed by atoms with Crippen LogP contribution in [0.3, 0.4) is 0 Å². The van der Waals surface area contributed by atoms with Crippen LogP contribution in [0.15, 0.2) is 42.0 Å². The number of benzene rings is 2. The second kappa shape index (κ2) is 13.0. The molecule has 0 radical (unpaired) electrons. The predicted octanol–water partition coefficient (Wildman–Crippen LogP) is 5.76. The molecule has 2 aromatic rings. The van der Waals surface area contributed by atoms with E-state index < -0.39 is 17.8 Å². The fourth-order valence-corrected chi connectivity index (χ4v) is 4.08. The monoisotopic (exact) mass is 514 g/mol. The zero-order chi connectivity index (χ0) is 26.1. The first kappa shape index (κ1) is 27.1. The Labute approximate surface area is 216 Å². The molecule has 1 N–H and O–H groups in total. The van der Waals surface area contributed by atoms with E-state index in [-0.39, 0.29) is 5.57 Å². The largest absolute Gasteiger partial charge is 0.497 e. The Kier molecular flexibility index (Phi) is 9.76. The topological polar surface area (TPSA) is 94.2 Å². The van der Waals surface area contributed by atoms with Gasteiger partial charge in [0.25, 0.3) is 11.8 Å². The molecule has 0 aliphatic carbocycles. The molecule has 1 heterocycles. The van der Waals surface area contributed by atoms with E-state index >= 15 is 0 Å². The summed E-state index contributed by atoms with van der Waals surface area (Å²) in [5.41, 5.74) is 0.529. The zero-order valence-electron chi connectivity index (χ0n) is 20.8. The molecule has 0 unspecified atom stereocenters. The molecule has 0 spiro atoms. The molecule has 0 aromatic heterocycles. The number of unbranched alkanes of at least 4 members (excludes halogenated alkanes) is 5. The summed E-state index contributed by atoms with van der Waals surface area (Å²) < 4.78 is 16.4. The number of carbonyl (C=O) groups is 3. The quantitative estimate of drug-likeness (QED) is 0.220. The predicted molar refractivity (Wildman–Crippen MR) is 139 cm³/mol. The molecule has 1 aliphatic heterocycles. The van der Waals surface area contributed by atoms with Crippen LogP contribution in [0.25, 0.3) is 6.08 Å². The third-order valence-corrected chi connectivity index (χ3v) is 6.02. The van der Waals surface area contributed by atoms with Crippen molar-refractivity contribution in [1.82, 2.24) is 5.32 Å². The highest BCUT2D eigenvalue weighted by Crippen LogP contribution is 2.37. The molecule has 0 bridgehead atoms. The second-order valence-electron chi connectivity index (χ2n) is 8.31. The number of methoxy groups -OCH3 is 2. The van der Waals surface area contributed by atoms with Gasteiger partial charge in [-0.05, 0) is 54.5 Å². The highest BCUT2D eigenvalue weighted by atomic mass is 35.5. The van der Waals surface area contributed by atoms with Crippen LogP contribution in [0.4, 0.5) is 10.5 Å². The number of amides is 4. The number of hydrogen-bond acceptors (Lipinski definition) is 6. The third kappa shape index (κ3) is 6.57. The standard InChI is InChI=1S/C27H31ClN2O6/c1-4-5-6-7-8-9-14-36-24-22(28)16-18(17-23(24)35-3)15-21-25(31)29-27(33)30(26(21)32)19-10-12-20(34-2)13-11-19/h10-13,15-17H,4-9,14H2,1-3H3,(H,29,31,33)/b21-15+. The molecular weight excluding hydrogens is 484 g/mol. The van der Waals surface area contributed by atoms with Crippen LogP contribution in [0.5, 0.6) is 17.2 Å². The van der Waals surface area contributed by atoms with Crippen LogP contribution in [0.2, 0.25) is 5.02 Å². The highest BCUT2D eigenvalue weighted by molar-refractivity contribution is 6.39. The molecule has 1 saturated heterocycles. The minimum absolute atomic E-state index is 0.218. The number of urea groups is 1. The molecule has 36 heavy (non-hydrogen) atoms. The molecule has 1 fully saturated rings. The van der Waals surface area contributed by atoms with E-state index in [4.69, 9.17) is 25.8 Å². The summed E-state index contributed by atoms with van der Waals surface area (Å²) in [6.45, 7) is 2.69. The number of anilines is 1. The van der Waals surface area contributed by atoms with Crippen molar-refractivity contribution in [2.75, 3.05) is 25.7 Å². The first-order valence-corrected chi connectivity index (χ1v) is 12.3. The van der Waals surface area contributed by atoms with Crippen molar-refractivity contribution in [3.8, 4) is 17.2 Å². The van der Waals surface area contributed by atoms with Gasteiger partial charge in [-0.15, -0.1) is 0 Å². The van der Waals surface area contributed by atoms with E-state index in [0.717, 1.165) is 17.7 Å². The van der Waals surface area contributed by atoms with Crippen molar-refractivity contribution >= 4 is 41.2 Å². The number of ether oxygens (including phenoxy) is 3. The third-order valence-electron chi connectivity index (χ3n) is 5.74. The maximum absolute atomic E-state index is 13.1. The molecule has 8 nitrogen and oxygen atoms in total. The minimum atomic E-state index is -0.832. The van der Waals surface area contributed by atoms with Crippen LogP contribution in [-0.2, 0) is 9.59 Å². The van der Waals surface area contributed by atoms with E-state index in [9.17, 15) is 14.4 Å². The Bertz CT molecular complexity index is 1130. The molecule has 1 aliphatic rings. The van der Waals surface area contributed by atoms with Gasteiger partial charge < -0.3 is 14.2 Å². The molecule has 0 atom stereocenters. The minimum Gasteiger partial charge on any atom is -0.497 e. The highest BCUT2D eigenvalue weighted by Gasteiger charge is 2.36. The van der Waals surface area contributed by atoms with Crippen LogP contribution < -0.4 is 24.4 Å². The maximum Gasteiger partial charge on any atom is 0.335 e. The van der Waals surface area contributed by atoms with Gasteiger partial charge in [-0.2, -0.15) is 0 Å². The average Bonchev–Trinajstić information content (AvgIpc) is 2.87. The van der Waals surface area contributed by atoms with E-state index in [2.05, 4.69) is 12.2 Å². The van der Waals surface area contributed by atoms with Crippen LogP contribution in [0.1, 0.15) is 51.0 Å². The number of hydrogen-bond donors (Lipinski definition) is 1. The number of nitrogens with zero attached hydrogens (tertiary/aromatic N) is 1. The smallest absolute Gasteiger partial charge is 0.335 e. The van der Waals surface area contributed by atoms with E-state index in [1.165, 1.54) is 46.0 Å². The molecule has 9 heteroatoms. The Morgan fingerprint density at radius 3 is 2.31 bits per heavy atom. The number of rotatable bonds is 12. The fraction of sp³-hybridized carbons (Fsp3) is 0.370. The van der Waals surface area contributed by atoms with E-state index in [0.29, 0.717) is 40.1 Å². The number of imide groups is 2. The first-order chi connectivity index (χ1) is 17.4. The van der Waals surface area contributed by atoms with Crippen molar-refractivity contribution in [2.45, 2.75) is 45.4 Å². The molecule has 2 aromatic carbocycles. The number of halogens is 1. The Hall–Kier alpha value is -3.52. The Balaban J connectivity index is 1.79. The molecule has 0 saturated carbocycles. The summed E-state index contributed by atoms with van der Waals surface area (Å²) in [5.74, 6) is -0.201. The first-order valence-electron chi connectivity index (χ1n) is 12.0. The number of carbonyl (C=O) groups excluding carboxylic acids is 3. The Morgan fingerprint density at radius 2 is 1.64 bits per heavy atom. The van der Waals surface area contributed by atoms with Gasteiger partial charge in [0, 0.05) is 0 Å². The lowest BCUT2D eigenvalue weighted by Crippen LogP contribution is -2.54. The van der Waals surface area contributed by atoms with E-state index in [1.54, 1.807) is 36.4 Å². The van der Waals surface area contributed by atoms with Crippen LogP contribution in [-0.4, -0.2) is 38.7 Å². The van der Waals surface area contributed by atoms with E-state index in [1.807, 2.05) is 0 Å². The summed E-state index contributed by atoms with van der Waals surface area (Å²) in [6.07, 6.45) is 8.17. The SMILES string of the molecule is CCCCCCCCOc1c(Cl)cc(/C=C2\C(=O)NC(=O)N(c3ccc(OC)cc3)C2=O)cc1OC. The van der Waals surface area contributed by atoms with Gasteiger partial charge in [-0.1, -0.05) is 50.6 Å². The number of barbiturate groups is 1. The van der Waals surface area contributed by atoms with Gasteiger partial charge in [-0.25, -0.2) is 9.69 Å². The van der Waals surface area contributed by atoms with Crippen molar-refractivity contribution < 1.29 is 28.6 Å². The van der Waals surface area contributed by atoms with Gasteiger partial charge >= 0.3 is 6.03 Å². The van der Waals surface area contributed by atoms with Crippen molar-refractivity contribution in [3.05, 3.63) is 52.6 Å². The molecule has 192 valence electrons. The number of nitrogens with one attached hydrogen (secondary N) is 1.